The lowest BCUT2D eigenvalue weighted by atomic mass is 10.1. The smallest absolute Gasteiger partial charge is 0.417 e. The van der Waals surface area contributed by atoms with Crippen LogP contribution in [0, 0.1) is 0 Å². The third-order valence-corrected chi connectivity index (χ3v) is 4.91. The molecule has 1 saturated heterocycles. The highest BCUT2D eigenvalue weighted by molar-refractivity contribution is 5.96. The van der Waals surface area contributed by atoms with Gasteiger partial charge >= 0.3 is 11.8 Å². The van der Waals surface area contributed by atoms with Crippen LogP contribution in [-0.2, 0) is 11.3 Å². The molecule has 0 spiro atoms. The van der Waals surface area contributed by atoms with Crippen molar-refractivity contribution in [3.8, 4) is 0 Å². The maximum absolute atomic E-state index is 12.4. The van der Waals surface area contributed by atoms with Crippen molar-refractivity contribution in [2.45, 2.75) is 12.6 Å². The van der Waals surface area contributed by atoms with Gasteiger partial charge in [0.25, 0.3) is 5.91 Å². The van der Waals surface area contributed by atoms with Crippen LogP contribution < -0.4 is 16.4 Å². The molecule has 1 atom stereocenters. The van der Waals surface area contributed by atoms with Gasteiger partial charge in [-0.3, -0.25) is 9.78 Å². The number of amides is 2. The number of rotatable bonds is 5. The molecule has 1 fully saturated rings. The Bertz CT molecular complexity index is 1090. The first kappa shape index (κ1) is 19.7. The number of hydrogen-bond acceptors (Lipinski definition) is 6. The second kappa shape index (κ2) is 8.83. The highest BCUT2D eigenvalue weighted by atomic mass is 16.6. The van der Waals surface area contributed by atoms with E-state index in [0.29, 0.717) is 42.8 Å². The van der Waals surface area contributed by atoms with Crippen LogP contribution in [0.3, 0.4) is 0 Å². The molecule has 1 aliphatic heterocycles. The minimum atomic E-state index is -0.562. The van der Waals surface area contributed by atoms with E-state index in [1.165, 1.54) is 6.07 Å². The van der Waals surface area contributed by atoms with E-state index in [1.807, 2.05) is 30.3 Å². The Morgan fingerprint density at radius 2 is 2.03 bits per heavy atom. The van der Waals surface area contributed by atoms with E-state index in [9.17, 15) is 14.4 Å². The number of H-pyrrole nitrogens is 1. The Balaban J connectivity index is 1.28. The number of aromatic amines is 1. The van der Waals surface area contributed by atoms with E-state index in [0.717, 1.165) is 5.56 Å². The van der Waals surface area contributed by atoms with Crippen LogP contribution in [0.5, 0.6) is 0 Å². The standard InChI is InChI=1S/C21H22N4O5/c26-19(15-6-7-17-18(10-15)30-20(27)24-17)23-11-16-12-25(9-8-22-16)21(28)29-13-14-4-2-1-3-5-14/h1-7,10,16,22H,8-9,11-13H2,(H,23,26)(H,24,27). The molecule has 4 rings (SSSR count). The summed E-state index contributed by atoms with van der Waals surface area (Å²) in [6, 6.07) is 14.2. The first-order valence-corrected chi connectivity index (χ1v) is 9.68. The number of fused-ring (bicyclic) bond motifs is 1. The number of benzene rings is 2. The Morgan fingerprint density at radius 3 is 2.87 bits per heavy atom. The molecular weight excluding hydrogens is 388 g/mol. The number of oxazole rings is 1. The monoisotopic (exact) mass is 410 g/mol. The van der Waals surface area contributed by atoms with Gasteiger partial charge in [0.15, 0.2) is 5.58 Å². The zero-order chi connectivity index (χ0) is 20.9. The largest absolute Gasteiger partial charge is 0.445 e. The molecule has 1 aromatic heterocycles. The van der Waals surface area contributed by atoms with Crippen LogP contribution in [0.2, 0.25) is 0 Å². The molecule has 0 aliphatic carbocycles. The molecule has 2 aromatic carbocycles. The quantitative estimate of drug-likeness (QED) is 0.586. The van der Waals surface area contributed by atoms with Gasteiger partial charge in [0.05, 0.1) is 5.52 Å². The number of nitrogens with one attached hydrogen (secondary N) is 3. The Labute approximate surface area is 172 Å². The molecule has 1 aliphatic rings. The van der Waals surface area contributed by atoms with Gasteiger partial charge < -0.3 is 24.7 Å². The summed E-state index contributed by atoms with van der Waals surface area (Å²) in [6.07, 6.45) is -0.371. The van der Waals surface area contributed by atoms with Gasteiger partial charge in [-0.2, -0.15) is 0 Å². The molecule has 0 radical (unpaired) electrons. The molecule has 156 valence electrons. The van der Waals surface area contributed by atoms with Crippen LogP contribution >= 0.6 is 0 Å². The van der Waals surface area contributed by atoms with E-state index >= 15 is 0 Å². The molecule has 1 unspecified atom stereocenters. The van der Waals surface area contributed by atoms with Crippen molar-refractivity contribution in [3.05, 3.63) is 70.2 Å². The average Bonchev–Trinajstić information content (AvgIpc) is 3.16. The summed E-state index contributed by atoms with van der Waals surface area (Å²) < 4.78 is 10.4. The number of aromatic nitrogens is 1. The summed E-state index contributed by atoms with van der Waals surface area (Å²) in [7, 11) is 0. The fraction of sp³-hybridized carbons (Fsp3) is 0.286. The van der Waals surface area contributed by atoms with E-state index in [-0.39, 0.29) is 24.6 Å². The van der Waals surface area contributed by atoms with E-state index < -0.39 is 5.76 Å². The summed E-state index contributed by atoms with van der Waals surface area (Å²) in [4.78, 5) is 40.2. The Kier molecular flexibility index (Phi) is 5.80. The third kappa shape index (κ3) is 4.69. The maximum atomic E-state index is 12.4. The topological polar surface area (TPSA) is 117 Å². The molecule has 0 bridgehead atoms. The molecule has 3 aromatic rings. The SMILES string of the molecule is O=C(NCC1CN(C(=O)OCc2ccccc2)CCN1)c1ccc2[nH]c(=O)oc2c1. The average molecular weight is 410 g/mol. The second-order valence-corrected chi connectivity index (χ2v) is 7.07. The van der Waals surface area contributed by atoms with Gasteiger partial charge in [-0.1, -0.05) is 30.3 Å². The predicted molar refractivity (Wildman–Crippen MR) is 109 cm³/mol. The van der Waals surface area contributed by atoms with Crippen molar-refractivity contribution in [1.29, 1.82) is 0 Å². The van der Waals surface area contributed by atoms with Crippen molar-refractivity contribution < 1.29 is 18.7 Å². The highest BCUT2D eigenvalue weighted by Gasteiger charge is 2.24. The van der Waals surface area contributed by atoms with Gasteiger partial charge in [0, 0.05) is 37.8 Å². The van der Waals surface area contributed by atoms with Crippen molar-refractivity contribution in [1.82, 2.24) is 20.5 Å². The molecule has 2 amide bonds. The lowest BCUT2D eigenvalue weighted by molar-refractivity contribution is 0.0834. The molecular formula is C21H22N4O5. The van der Waals surface area contributed by atoms with Crippen LogP contribution in [0.15, 0.2) is 57.7 Å². The van der Waals surface area contributed by atoms with Gasteiger partial charge in [0.1, 0.15) is 6.61 Å². The maximum Gasteiger partial charge on any atom is 0.417 e. The minimum Gasteiger partial charge on any atom is -0.445 e. The lowest BCUT2D eigenvalue weighted by Crippen LogP contribution is -2.56. The zero-order valence-electron chi connectivity index (χ0n) is 16.2. The van der Waals surface area contributed by atoms with Crippen LogP contribution in [0.1, 0.15) is 15.9 Å². The number of ether oxygens (including phenoxy) is 1. The Hall–Kier alpha value is -3.59. The second-order valence-electron chi connectivity index (χ2n) is 7.07. The number of carbonyl (C=O) groups is 2. The van der Waals surface area contributed by atoms with Crippen LogP contribution in [0.25, 0.3) is 11.1 Å². The molecule has 2 heterocycles. The van der Waals surface area contributed by atoms with Crippen molar-refractivity contribution >= 4 is 23.1 Å². The fourth-order valence-electron chi connectivity index (χ4n) is 3.34. The summed E-state index contributed by atoms with van der Waals surface area (Å²) >= 11 is 0. The fourth-order valence-corrected chi connectivity index (χ4v) is 3.34. The molecule has 9 heteroatoms. The van der Waals surface area contributed by atoms with Crippen molar-refractivity contribution in [3.63, 3.8) is 0 Å². The molecule has 0 saturated carbocycles. The van der Waals surface area contributed by atoms with E-state index in [2.05, 4.69) is 15.6 Å². The first-order valence-electron chi connectivity index (χ1n) is 9.68. The summed E-state index contributed by atoms with van der Waals surface area (Å²) in [5.41, 5.74) is 2.19. The first-order chi connectivity index (χ1) is 14.6. The lowest BCUT2D eigenvalue weighted by Gasteiger charge is -2.33. The van der Waals surface area contributed by atoms with Crippen molar-refractivity contribution in [2.24, 2.45) is 0 Å². The number of nitrogens with zero attached hydrogens (tertiary/aromatic N) is 1. The van der Waals surface area contributed by atoms with Gasteiger partial charge in [-0.05, 0) is 23.8 Å². The summed E-state index contributed by atoms with van der Waals surface area (Å²) in [6.45, 7) is 2.15. The van der Waals surface area contributed by atoms with E-state index in [4.69, 9.17) is 9.15 Å². The molecule has 30 heavy (non-hydrogen) atoms. The van der Waals surface area contributed by atoms with Crippen LogP contribution in [0.4, 0.5) is 4.79 Å². The number of hydrogen-bond donors (Lipinski definition) is 3. The zero-order valence-corrected chi connectivity index (χ0v) is 16.2. The van der Waals surface area contributed by atoms with Gasteiger partial charge in [0.2, 0.25) is 0 Å². The van der Waals surface area contributed by atoms with Crippen molar-refractivity contribution in [2.75, 3.05) is 26.2 Å². The summed E-state index contributed by atoms with van der Waals surface area (Å²) in [5, 5.41) is 6.14. The van der Waals surface area contributed by atoms with Gasteiger partial charge in [-0.25, -0.2) is 9.59 Å². The van der Waals surface area contributed by atoms with Gasteiger partial charge in [-0.15, -0.1) is 0 Å². The predicted octanol–water partition coefficient (Wildman–Crippen LogP) is 1.46. The van der Waals surface area contributed by atoms with E-state index in [1.54, 1.807) is 17.0 Å². The highest BCUT2D eigenvalue weighted by Crippen LogP contribution is 2.12. The third-order valence-electron chi connectivity index (χ3n) is 4.91. The molecule has 3 N–H and O–H groups in total. The normalized spacial score (nSPS) is 16.4. The molecule has 9 nitrogen and oxygen atoms in total. The Morgan fingerprint density at radius 1 is 1.20 bits per heavy atom. The number of carbonyl (C=O) groups excluding carboxylic acids is 2. The minimum absolute atomic E-state index is 0.0964. The summed E-state index contributed by atoms with van der Waals surface area (Å²) in [5.74, 6) is -0.848. The van der Waals surface area contributed by atoms with Crippen LogP contribution in [-0.4, -0.2) is 54.1 Å². The number of piperazine rings is 1.